The predicted octanol–water partition coefficient (Wildman–Crippen LogP) is 14.6. The molecule has 0 amide bonds. The summed E-state index contributed by atoms with van der Waals surface area (Å²) in [5, 5.41) is 10.0. The summed E-state index contributed by atoms with van der Waals surface area (Å²) >= 11 is 0. The number of hydrogen-bond acceptors (Lipinski definition) is 0. The van der Waals surface area contributed by atoms with Gasteiger partial charge in [-0.15, -0.1) is 0 Å². The lowest BCUT2D eigenvalue weighted by molar-refractivity contribution is 1.59. The summed E-state index contributed by atoms with van der Waals surface area (Å²) in [5.74, 6) is 0. The smallest absolute Gasteiger partial charge is 0.00201 e. The highest BCUT2D eigenvalue weighted by Gasteiger charge is 2.20. The van der Waals surface area contributed by atoms with E-state index in [0.717, 1.165) is 0 Å². The number of hydrogen-bond donors (Lipinski definition) is 0. The molecule has 0 heteroatoms. The second kappa shape index (κ2) is 12.5. The Kier molecular flexibility index (Phi) is 7.25. The summed E-state index contributed by atoms with van der Waals surface area (Å²) in [5.41, 5.74) is 12.4. The summed E-state index contributed by atoms with van der Waals surface area (Å²) in [4.78, 5) is 0. The van der Waals surface area contributed by atoms with Crippen LogP contribution in [0.5, 0.6) is 0 Å². The molecular formula is C52H34. The molecule has 0 saturated carbocycles. The van der Waals surface area contributed by atoms with Gasteiger partial charge >= 0.3 is 0 Å². The van der Waals surface area contributed by atoms with Crippen LogP contribution in [-0.4, -0.2) is 0 Å². The Morgan fingerprint density at radius 1 is 0.192 bits per heavy atom. The van der Waals surface area contributed by atoms with Gasteiger partial charge in [-0.05, 0) is 111 Å². The second-order valence-electron chi connectivity index (χ2n) is 13.6. The molecule has 0 aliphatic heterocycles. The molecule has 242 valence electrons. The van der Waals surface area contributed by atoms with Gasteiger partial charge in [0.1, 0.15) is 0 Å². The van der Waals surface area contributed by atoms with Crippen molar-refractivity contribution < 1.29 is 0 Å². The first-order valence-corrected chi connectivity index (χ1v) is 18.0. The second-order valence-corrected chi connectivity index (χ2v) is 13.6. The quantitative estimate of drug-likeness (QED) is 0.161. The molecule has 0 saturated heterocycles. The normalized spacial score (nSPS) is 11.5. The third kappa shape index (κ3) is 5.00. The molecule has 0 aliphatic carbocycles. The zero-order valence-electron chi connectivity index (χ0n) is 28.6. The van der Waals surface area contributed by atoms with Gasteiger partial charge in [0.05, 0.1) is 0 Å². The molecule has 0 aromatic heterocycles. The molecule has 0 N–H and O–H groups in total. The fraction of sp³-hybridized carbons (Fsp3) is 0. The van der Waals surface area contributed by atoms with Gasteiger partial charge in [-0.1, -0.05) is 194 Å². The van der Waals surface area contributed by atoms with Gasteiger partial charge in [0, 0.05) is 0 Å². The van der Waals surface area contributed by atoms with Gasteiger partial charge in [-0.25, -0.2) is 0 Å². The lowest BCUT2D eigenvalue weighted by Crippen LogP contribution is -1.93. The Morgan fingerprint density at radius 3 is 1.37 bits per heavy atom. The van der Waals surface area contributed by atoms with Crippen LogP contribution in [0, 0.1) is 0 Å². The van der Waals surface area contributed by atoms with Crippen molar-refractivity contribution in [1.82, 2.24) is 0 Å². The van der Waals surface area contributed by atoms with E-state index in [1.807, 2.05) is 0 Å². The topological polar surface area (TPSA) is 0 Å². The first-order chi connectivity index (χ1) is 25.8. The number of fused-ring (bicyclic) bond motifs is 4. The van der Waals surface area contributed by atoms with E-state index >= 15 is 0 Å². The molecule has 0 atom stereocenters. The van der Waals surface area contributed by atoms with Crippen molar-refractivity contribution >= 4 is 43.1 Å². The maximum absolute atomic E-state index is 2.44. The number of benzene rings is 10. The van der Waals surface area contributed by atoms with Crippen molar-refractivity contribution in [1.29, 1.82) is 0 Å². The van der Waals surface area contributed by atoms with E-state index in [0.29, 0.717) is 0 Å². The first-order valence-electron chi connectivity index (χ1n) is 18.0. The Balaban J connectivity index is 1.31. The van der Waals surface area contributed by atoms with E-state index in [9.17, 15) is 0 Å². The maximum atomic E-state index is 2.44. The van der Waals surface area contributed by atoms with Crippen LogP contribution >= 0.6 is 0 Å². The average molecular weight is 659 g/mol. The van der Waals surface area contributed by atoms with Crippen LogP contribution in [-0.2, 0) is 0 Å². The van der Waals surface area contributed by atoms with Gasteiger partial charge in [-0.3, -0.25) is 0 Å². The Labute approximate surface area is 303 Å². The van der Waals surface area contributed by atoms with Gasteiger partial charge in [0.25, 0.3) is 0 Å². The zero-order valence-corrected chi connectivity index (χ0v) is 28.6. The van der Waals surface area contributed by atoms with E-state index in [-0.39, 0.29) is 0 Å². The van der Waals surface area contributed by atoms with Crippen molar-refractivity contribution in [3.8, 4) is 55.6 Å². The van der Waals surface area contributed by atoms with Crippen LogP contribution < -0.4 is 0 Å². The third-order valence-electron chi connectivity index (χ3n) is 10.7. The van der Waals surface area contributed by atoms with E-state index in [4.69, 9.17) is 0 Å². The summed E-state index contributed by atoms with van der Waals surface area (Å²) < 4.78 is 0. The predicted molar refractivity (Wildman–Crippen MR) is 224 cm³/mol. The van der Waals surface area contributed by atoms with Crippen LogP contribution in [0.2, 0.25) is 0 Å². The van der Waals surface area contributed by atoms with Crippen molar-refractivity contribution in [3.05, 3.63) is 206 Å². The molecular weight excluding hydrogens is 625 g/mol. The van der Waals surface area contributed by atoms with Crippen molar-refractivity contribution in [3.63, 3.8) is 0 Å². The van der Waals surface area contributed by atoms with E-state index in [1.165, 1.54) is 98.7 Å². The zero-order chi connectivity index (χ0) is 34.4. The molecule has 0 bridgehead atoms. The largest absolute Gasteiger partial charge is 0.0622 e. The minimum atomic E-state index is 1.21. The van der Waals surface area contributed by atoms with Gasteiger partial charge in [-0.2, -0.15) is 0 Å². The Morgan fingerprint density at radius 2 is 0.635 bits per heavy atom. The molecule has 0 heterocycles. The maximum Gasteiger partial charge on any atom is -0.00201 e. The van der Waals surface area contributed by atoms with Gasteiger partial charge < -0.3 is 0 Å². The first kappa shape index (κ1) is 30.1. The van der Waals surface area contributed by atoms with Crippen LogP contribution in [0.4, 0.5) is 0 Å². The molecule has 0 unspecified atom stereocenters. The SMILES string of the molecule is c1ccc(-c2ccccc2-c2ccc3c(-c4cccc5ccccc45)c4ccccc4c(-c4cccc(-c5cccc6ccccc56)c4)c3c2)cc1. The lowest BCUT2D eigenvalue weighted by atomic mass is 9.83. The minimum Gasteiger partial charge on any atom is -0.0622 e. The minimum absolute atomic E-state index is 1.21. The fourth-order valence-electron chi connectivity index (χ4n) is 8.31. The van der Waals surface area contributed by atoms with Crippen molar-refractivity contribution in [2.45, 2.75) is 0 Å². The standard InChI is InChI=1S/C52H34/c1-2-15-35(16-3-1)41-24-8-9-26-44(41)39-31-32-49-50(34-39)51(40-22-12-21-38(33-40)45-29-13-19-36-17-4-6-23-42(36)45)47-27-10-11-28-48(47)52(49)46-30-14-20-37-18-5-7-25-43(37)46/h1-34H. The van der Waals surface area contributed by atoms with E-state index in [2.05, 4.69) is 206 Å². The van der Waals surface area contributed by atoms with Crippen molar-refractivity contribution in [2.24, 2.45) is 0 Å². The van der Waals surface area contributed by atoms with Crippen LogP contribution in [0.1, 0.15) is 0 Å². The average Bonchev–Trinajstić information content (AvgIpc) is 3.22. The van der Waals surface area contributed by atoms with E-state index < -0.39 is 0 Å². The highest BCUT2D eigenvalue weighted by Crippen LogP contribution is 2.47. The molecule has 10 rings (SSSR count). The van der Waals surface area contributed by atoms with E-state index in [1.54, 1.807) is 0 Å². The fourth-order valence-corrected chi connectivity index (χ4v) is 8.31. The molecule has 0 nitrogen and oxygen atoms in total. The molecule has 0 aliphatic rings. The molecule has 0 spiro atoms. The molecule has 10 aromatic rings. The molecule has 0 fully saturated rings. The Hall–Kier alpha value is -6.76. The summed E-state index contributed by atoms with van der Waals surface area (Å²) in [7, 11) is 0. The summed E-state index contributed by atoms with van der Waals surface area (Å²) in [6.45, 7) is 0. The van der Waals surface area contributed by atoms with Crippen LogP contribution in [0.3, 0.4) is 0 Å². The lowest BCUT2D eigenvalue weighted by Gasteiger charge is -2.20. The number of rotatable bonds is 5. The van der Waals surface area contributed by atoms with Gasteiger partial charge in [0.15, 0.2) is 0 Å². The molecule has 52 heavy (non-hydrogen) atoms. The molecule has 0 radical (unpaired) electrons. The highest BCUT2D eigenvalue weighted by atomic mass is 14.2. The Bertz CT molecular complexity index is 2940. The summed E-state index contributed by atoms with van der Waals surface area (Å²) in [6.07, 6.45) is 0. The van der Waals surface area contributed by atoms with Crippen molar-refractivity contribution in [2.75, 3.05) is 0 Å². The molecule has 10 aromatic carbocycles. The van der Waals surface area contributed by atoms with Crippen LogP contribution in [0.25, 0.3) is 98.7 Å². The van der Waals surface area contributed by atoms with Crippen LogP contribution in [0.15, 0.2) is 206 Å². The van der Waals surface area contributed by atoms with Gasteiger partial charge in [0.2, 0.25) is 0 Å². The highest BCUT2D eigenvalue weighted by molar-refractivity contribution is 6.24. The summed E-state index contributed by atoms with van der Waals surface area (Å²) in [6, 6.07) is 75.6. The third-order valence-corrected chi connectivity index (χ3v) is 10.7. The monoisotopic (exact) mass is 658 g/mol.